The van der Waals surface area contributed by atoms with Gasteiger partial charge in [0.2, 0.25) is 0 Å². The quantitative estimate of drug-likeness (QED) is 0.0199. The fraction of sp³-hybridized carbons (Fsp3) is 0.610. The van der Waals surface area contributed by atoms with E-state index in [-0.39, 0.29) is 37.5 Å². The summed E-state index contributed by atoms with van der Waals surface area (Å²) >= 11 is 0. The van der Waals surface area contributed by atoms with Crippen molar-refractivity contribution in [1.82, 2.24) is 0 Å². The highest BCUT2D eigenvalue weighted by molar-refractivity contribution is 5.71. The van der Waals surface area contributed by atoms with Gasteiger partial charge in [-0.15, -0.1) is 0 Å². The van der Waals surface area contributed by atoms with Gasteiger partial charge in [0.05, 0.1) is 0 Å². The van der Waals surface area contributed by atoms with E-state index in [2.05, 4.69) is 106 Å². The molecule has 65 heavy (non-hydrogen) atoms. The number of esters is 3. The highest BCUT2D eigenvalue weighted by atomic mass is 16.6. The number of allylic oxidation sites excluding steroid dienone is 20. The zero-order chi connectivity index (χ0) is 47.2. The van der Waals surface area contributed by atoms with Gasteiger partial charge in [-0.1, -0.05) is 206 Å². The number of carbonyl (C=O) groups is 3. The van der Waals surface area contributed by atoms with E-state index in [4.69, 9.17) is 14.2 Å². The number of rotatable bonds is 45. The lowest BCUT2D eigenvalue weighted by Gasteiger charge is -2.18. The summed E-state index contributed by atoms with van der Waals surface area (Å²) in [5.41, 5.74) is 0. The minimum atomic E-state index is -0.824. The van der Waals surface area contributed by atoms with Crippen molar-refractivity contribution >= 4 is 17.9 Å². The highest BCUT2D eigenvalue weighted by Gasteiger charge is 2.19. The van der Waals surface area contributed by atoms with Crippen molar-refractivity contribution in [2.24, 2.45) is 0 Å². The smallest absolute Gasteiger partial charge is 0.306 e. The Hall–Kier alpha value is -4.19. The standard InChI is InChI=1S/C59H94O6/c1-4-7-10-13-16-19-22-25-27-29-31-34-37-40-43-46-49-52-58(61)64-55-56(54-63-57(60)51-48-45-42-39-36-33-24-21-18-15-12-9-6-3)65-59(62)53-50-47-44-41-38-35-32-30-28-26-23-20-17-14-11-8-5-2/h9,12,15-21,24-28,31,33-34,36,40,43,56H,4-8,10-11,13-14,22-23,29-30,32,35,37-39,41-42,44-55H2,1-3H3/b12-9+,18-15+,19-16+,20-17+,24-21+,27-25+,28-26+,34-31+,36-33+,43-40+. The van der Waals surface area contributed by atoms with Crippen LogP contribution in [0, 0.1) is 0 Å². The maximum Gasteiger partial charge on any atom is 0.306 e. The number of carbonyl (C=O) groups excluding carboxylic acids is 3. The molecule has 0 saturated carbocycles. The van der Waals surface area contributed by atoms with E-state index < -0.39 is 6.10 Å². The molecule has 6 heteroatoms. The molecular weight excluding hydrogens is 805 g/mol. The van der Waals surface area contributed by atoms with Crippen LogP contribution in [0.25, 0.3) is 0 Å². The zero-order valence-electron chi connectivity index (χ0n) is 41.7. The third kappa shape index (κ3) is 50.7. The lowest BCUT2D eigenvalue weighted by Crippen LogP contribution is -2.30. The largest absolute Gasteiger partial charge is 0.462 e. The summed E-state index contributed by atoms with van der Waals surface area (Å²) in [7, 11) is 0. The Morgan fingerprint density at radius 1 is 0.338 bits per heavy atom. The van der Waals surface area contributed by atoms with Crippen molar-refractivity contribution in [2.45, 2.75) is 219 Å². The maximum atomic E-state index is 12.8. The van der Waals surface area contributed by atoms with Gasteiger partial charge in [-0.3, -0.25) is 14.4 Å². The Labute approximate surface area is 399 Å². The summed E-state index contributed by atoms with van der Waals surface area (Å²) in [6.45, 7) is 6.34. The van der Waals surface area contributed by atoms with Gasteiger partial charge in [-0.05, 0) is 109 Å². The van der Waals surface area contributed by atoms with Crippen molar-refractivity contribution in [3.8, 4) is 0 Å². The second-order valence-corrected chi connectivity index (χ2v) is 16.8. The predicted octanol–water partition coefficient (Wildman–Crippen LogP) is 17.3. The van der Waals surface area contributed by atoms with E-state index >= 15 is 0 Å². The van der Waals surface area contributed by atoms with Crippen LogP contribution in [0.2, 0.25) is 0 Å². The molecule has 0 spiro atoms. The third-order valence-electron chi connectivity index (χ3n) is 10.5. The van der Waals surface area contributed by atoms with Gasteiger partial charge in [0.15, 0.2) is 6.10 Å². The van der Waals surface area contributed by atoms with Crippen LogP contribution in [-0.2, 0) is 28.6 Å². The lowest BCUT2D eigenvalue weighted by atomic mass is 10.1. The van der Waals surface area contributed by atoms with Gasteiger partial charge >= 0.3 is 17.9 Å². The molecule has 6 nitrogen and oxygen atoms in total. The molecule has 0 aromatic carbocycles. The molecule has 0 heterocycles. The topological polar surface area (TPSA) is 78.9 Å². The van der Waals surface area contributed by atoms with Gasteiger partial charge in [0.1, 0.15) is 13.2 Å². The normalized spacial score (nSPS) is 13.1. The first-order chi connectivity index (χ1) is 32.0. The van der Waals surface area contributed by atoms with Gasteiger partial charge < -0.3 is 14.2 Å². The van der Waals surface area contributed by atoms with Crippen LogP contribution in [0.5, 0.6) is 0 Å². The summed E-state index contributed by atoms with van der Waals surface area (Å²) in [6, 6.07) is 0. The van der Waals surface area contributed by atoms with E-state index in [1.165, 1.54) is 77.0 Å². The molecule has 1 unspecified atom stereocenters. The predicted molar refractivity (Wildman–Crippen MR) is 279 cm³/mol. The van der Waals surface area contributed by atoms with Crippen LogP contribution in [0.1, 0.15) is 213 Å². The summed E-state index contributed by atoms with van der Waals surface area (Å²) in [5.74, 6) is -1.03. The first kappa shape index (κ1) is 60.8. The second-order valence-electron chi connectivity index (χ2n) is 16.8. The van der Waals surface area contributed by atoms with E-state index in [1.54, 1.807) is 0 Å². The van der Waals surface area contributed by atoms with Crippen molar-refractivity contribution in [3.63, 3.8) is 0 Å². The van der Waals surface area contributed by atoms with E-state index in [1.807, 2.05) is 36.5 Å². The maximum absolute atomic E-state index is 12.8. The number of unbranched alkanes of at least 4 members (excludes halogenated alkanes) is 17. The minimum Gasteiger partial charge on any atom is -0.462 e. The molecule has 0 bridgehead atoms. The molecule has 0 N–H and O–H groups in total. The monoisotopic (exact) mass is 899 g/mol. The highest BCUT2D eigenvalue weighted by Crippen LogP contribution is 2.13. The Kier molecular flexibility index (Phi) is 49.1. The minimum absolute atomic E-state index is 0.122. The van der Waals surface area contributed by atoms with Crippen molar-refractivity contribution in [1.29, 1.82) is 0 Å². The molecule has 0 saturated heterocycles. The summed E-state index contributed by atoms with van der Waals surface area (Å²) in [6.07, 6.45) is 71.8. The van der Waals surface area contributed by atoms with Crippen molar-refractivity contribution in [2.75, 3.05) is 13.2 Å². The van der Waals surface area contributed by atoms with Gasteiger partial charge in [0.25, 0.3) is 0 Å². The van der Waals surface area contributed by atoms with Crippen LogP contribution < -0.4 is 0 Å². The molecule has 0 rings (SSSR count). The van der Waals surface area contributed by atoms with Crippen LogP contribution in [-0.4, -0.2) is 37.2 Å². The average molecular weight is 899 g/mol. The molecule has 0 aromatic rings. The number of hydrogen-bond donors (Lipinski definition) is 0. The Morgan fingerprint density at radius 3 is 1.15 bits per heavy atom. The fourth-order valence-corrected chi connectivity index (χ4v) is 6.59. The number of ether oxygens (including phenoxy) is 3. The van der Waals surface area contributed by atoms with Gasteiger partial charge in [-0.25, -0.2) is 0 Å². The van der Waals surface area contributed by atoms with Crippen LogP contribution in [0.3, 0.4) is 0 Å². The molecule has 0 aromatic heterocycles. The third-order valence-corrected chi connectivity index (χ3v) is 10.5. The van der Waals surface area contributed by atoms with Gasteiger partial charge in [-0.2, -0.15) is 0 Å². The molecule has 0 aliphatic carbocycles. The molecule has 1 atom stereocenters. The number of hydrogen-bond acceptors (Lipinski definition) is 6. The Balaban J connectivity index is 4.56. The summed E-state index contributed by atoms with van der Waals surface area (Å²) in [5, 5.41) is 0. The molecule has 366 valence electrons. The van der Waals surface area contributed by atoms with E-state index in [0.29, 0.717) is 19.3 Å². The Morgan fingerprint density at radius 2 is 0.677 bits per heavy atom. The molecule has 0 radical (unpaired) electrons. The molecule has 0 amide bonds. The van der Waals surface area contributed by atoms with Crippen LogP contribution in [0.4, 0.5) is 0 Å². The van der Waals surface area contributed by atoms with Crippen molar-refractivity contribution < 1.29 is 28.6 Å². The summed E-state index contributed by atoms with van der Waals surface area (Å²) < 4.78 is 16.7. The van der Waals surface area contributed by atoms with Crippen LogP contribution >= 0.6 is 0 Å². The second kappa shape index (κ2) is 52.4. The van der Waals surface area contributed by atoms with E-state index in [9.17, 15) is 14.4 Å². The SMILES string of the molecule is CC/C=C/C=C/C=C/C=C/CCCCCC(=O)OCC(COC(=O)CCC/C=C/C/C=C/C/C=C/C/C=C/CCCCC)OC(=O)CCCCCCCCC/C=C/C/C=C/CCCCC. The molecule has 0 aliphatic rings. The first-order valence-electron chi connectivity index (χ1n) is 26.1. The lowest BCUT2D eigenvalue weighted by molar-refractivity contribution is -0.167. The Bertz CT molecular complexity index is 1400. The molecule has 0 fully saturated rings. The average Bonchev–Trinajstić information content (AvgIpc) is 3.30. The molecular formula is C59H94O6. The fourth-order valence-electron chi connectivity index (χ4n) is 6.59. The first-order valence-corrected chi connectivity index (χ1v) is 26.1. The van der Waals surface area contributed by atoms with E-state index in [0.717, 1.165) is 89.9 Å². The summed E-state index contributed by atoms with van der Waals surface area (Å²) in [4.78, 5) is 38.0. The zero-order valence-corrected chi connectivity index (χ0v) is 41.7. The van der Waals surface area contributed by atoms with Crippen LogP contribution in [0.15, 0.2) is 122 Å². The van der Waals surface area contributed by atoms with Gasteiger partial charge in [0, 0.05) is 19.3 Å². The molecule has 0 aliphatic heterocycles. The van der Waals surface area contributed by atoms with Crippen molar-refractivity contribution in [3.05, 3.63) is 122 Å².